The van der Waals surface area contributed by atoms with Crippen LogP contribution in [0.15, 0.2) is 51.7 Å². The van der Waals surface area contributed by atoms with Crippen LogP contribution in [0, 0.1) is 5.82 Å². The lowest BCUT2D eigenvalue weighted by atomic mass is 10.2. The fraction of sp³-hybridized carbons (Fsp3) is 0.200. The zero-order chi connectivity index (χ0) is 20.7. The monoisotopic (exact) mass is 457 g/mol. The molecule has 0 unspecified atom stereocenters. The number of anilines is 1. The third-order valence-corrected chi connectivity index (χ3v) is 5.05. The summed E-state index contributed by atoms with van der Waals surface area (Å²) in [6.45, 7) is 3.66. The Morgan fingerprint density at radius 3 is 2.59 bits per heavy atom. The Balaban J connectivity index is 1.80. The number of halogens is 2. The van der Waals surface area contributed by atoms with Crippen LogP contribution in [0.25, 0.3) is 16.7 Å². The summed E-state index contributed by atoms with van der Waals surface area (Å²) in [6, 6.07) is 11.6. The fourth-order valence-electron chi connectivity index (χ4n) is 3.24. The number of carbonyl (C=O) groups excluding carboxylic acids is 1. The first kappa shape index (κ1) is 19.3. The lowest BCUT2D eigenvalue weighted by Gasteiger charge is -2.13. The van der Waals surface area contributed by atoms with Crippen molar-refractivity contribution < 1.29 is 9.18 Å². The molecule has 0 fully saturated rings. The van der Waals surface area contributed by atoms with Gasteiger partial charge in [0.25, 0.3) is 5.56 Å². The number of hydrogen-bond acceptors (Lipinski definition) is 4. The van der Waals surface area contributed by atoms with Crippen molar-refractivity contribution in [3.8, 4) is 0 Å². The molecule has 9 heteroatoms. The number of rotatable bonds is 4. The Morgan fingerprint density at radius 2 is 1.90 bits per heavy atom. The van der Waals surface area contributed by atoms with Gasteiger partial charge in [0.05, 0.1) is 16.7 Å². The largest absolute Gasteiger partial charge is 0.322 e. The third-order valence-electron chi connectivity index (χ3n) is 4.56. The summed E-state index contributed by atoms with van der Waals surface area (Å²) < 4.78 is 17.7. The zero-order valence-electron chi connectivity index (χ0n) is 15.7. The molecule has 4 aromatic rings. The number of nitrogens with zero attached hydrogens (tertiary/aromatic N) is 4. The van der Waals surface area contributed by atoms with Crippen molar-refractivity contribution in [3.05, 3.63) is 68.9 Å². The molecule has 0 saturated heterocycles. The number of aromatic nitrogens is 4. The Bertz CT molecular complexity index is 1310. The van der Waals surface area contributed by atoms with Crippen LogP contribution in [-0.4, -0.2) is 25.1 Å². The molecule has 2 heterocycles. The SMILES string of the molecule is CC(C)c1nnc2c(=O)n(CC(=O)Nc3ccc(Br)cc3F)c3ccccc3n12. The van der Waals surface area contributed by atoms with Crippen LogP contribution in [0.5, 0.6) is 0 Å². The van der Waals surface area contributed by atoms with Crippen molar-refractivity contribution in [2.24, 2.45) is 0 Å². The van der Waals surface area contributed by atoms with Crippen LogP contribution >= 0.6 is 15.9 Å². The molecule has 2 aromatic carbocycles. The van der Waals surface area contributed by atoms with Gasteiger partial charge in [0.15, 0.2) is 0 Å². The van der Waals surface area contributed by atoms with Crippen molar-refractivity contribution >= 4 is 44.2 Å². The van der Waals surface area contributed by atoms with E-state index < -0.39 is 17.3 Å². The molecule has 0 bridgehead atoms. The summed E-state index contributed by atoms with van der Waals surface area (Å²) in [5, 5.41) is 10.7. The van der Waals surface area contributed by atoms with E-state index in [9.17, 15) is 14.0 Å². The molecule has 4 rings (SSSR count). The van der Waals surface area contributed by atoms with Crippen LogP contribution in [0.2, 0.25) is 0 Å². The molecule has 0 atom stereocenters. The lowest BCUT2D eigenvalue weighted by molar-refractivity contribution is -0.116. The zero-order valence-corrected chi connectivity index (χ0v) is 17.3. The molecule has 0 aliphatic rings. The van der Waals surface area contributed by atoms with Gasteiger partial charge >= 0.3 is 0 Å². The van der Waals surface area contributed by atoms with Crippen molar-refractivity contribution in [1.82, 2.24) is 19.2 Å². The average molecular weight is 458 g/mol. The number of para-hydroxylation sites is 2. The molecular formula is C20H17BrFN5O2. The Morgan fingerprint density at radius 1 is 1.17 bits per heavy atom. The molecule has 1 N–H and O–H groups in total. The number of benzene rings is 2. The second kappa shape index (κ2) is 7.40. The Hall–Kier alpha value is -3.07. The Labute approximate surface area is 173 Å². The van der Waals surface area contributed by atoms with E-state index in [4.69, 9.17) is 0 Å². The van der Waals surface area contributed by atoms with Crippen LogP contribution in [0.3, 0.4) is 0 Å². The van der Waals surface area contributed by atoms with Crippen molar-refractivity contribution in [1.29, 1.82) is 0 Å². The second-order valence-corrected chi connectivity index (χ2v) is 7.84. The van der Waals surface area contributed by atoms with E-state index in [0.717, 1.165) is 5.52 Å². The molecule has 29 heavy (non-hydrogen) atoms. The highest BCUT2D eigenvalue weighted by molar-refractivity contribution is 9.10. The molecule has 0 spiro atoms. The van der Waals surface area contributed by atoms with E-state index in [1.54, 1.807) is 22.6 Å². The number of fused-ring (bicyclic) bond motifs is 3. The van der Waals surface area contributed by atoms with Crippen molar-refractivity contribution in [3.63, 3.8) is 0 Å². The molecule has 2 aromatic heterocycles. The van der Waals surface area contributed by atoms with Gasteiger partial charge in [-0.05, 0) is 30.3 Å². The molecule has 0 aliphatic carbocycles. The van der Waals surface area contributed by atoms with Crippen LogP contribution in [0.1, 0.15) is 25.6 Å². The molecule has 0 saturated carbocycles. The van der Waals surface area contributed by atoms with Crippen LogP contribution < -0.4 is 10.9 Å². The maximum absolute atomic E-state index is 14.0. The predicted octanol–water partition coefficient (Wildman–Crippen LogP) is 3.71. The minimum Gasteiger partial charge on any atom is -0.322 e. The molecule has 7 nitrogen and oxygen atoms in total. The number of amides is 1. The molecule has 148 valence electrons. The summed E-state index contributed by atoms with van der Waals surface area (Å²) in [6.07, 6.45) is 0. The summed E-state index contributed by atoms with van der Waals surface area (Å²) in [5.41, 5.74) is 1.04. The molecule has 0 radical (unpaired) electrons. The van der Waals surface area contributed by atoms with Gasteiger partial charge in [0, 0.05) is 10.4 Å². The van der Waals surface area contributed by atoms with Gasteiger partial charge in [0.1, 0.15) is 18.2 Å². The van der Waals surface area contributed by atoms with E-state index in [1.807, 2.05) is 26.0 Å². The molecule has 0 aliphatic heterocycles. The summed E-state index contributed by atoms with van der Waals surface area (Å²) in [7, 11) is 0. The van der Waals surface area contributed by atoms with E-state index in [1.165, 1.54) is 16.7 Å². The number of carbonyl (C=O) groups is 1. The Kier molecular flexibility index (Phi) is 4.91. The highest BCUT2D eigenvalue weighted by Gasteiger charge is 2.19. The van der Waals surface area contributed by atoms with Crippen molar-refractivity contribution in [2.45, 2.75) is 26.3 Å². The second-order valence-electron chi connectivity index (χ2n) is 6.92. The first-order valence-corrected chi connectivity index (χ1v) is 9.77. The van der Waals surface area contributed by atoms with Gasteiger partial charge in [-0.1, -0.05) is 41.9 Å². The quantitative estimate of drug-likeness (QED) is 0.506. The summed E-state index contributed by atoms with van der Waals surface area (Å²) in [5.74, 6) is -0.361. The van der Waals surface area contributed by atoms with Gasteiger partial charge < -0.3 is 5.32 Å². The predicted molar refractivity (Wildman–Crippen MR) is 112 cm³/mol. The first-order valence-electron chi connectivity index (χ1n) is 8.98. The maximum atomic E-state index is 14.0. The van der Waals surface area contributed by atoms with E-state index in [0.29, 0.717) is 15.8 Å². The smallest absolute Gasteiger partial charge is 0.297 e. The molecule has 1 amide bonds. The highest BCUT2D eigenvalue weighted by atomic mass is 79.9. The van der Waals surface area contributed by atoms with Gasteiger partial charge in [-0.3, -0.25) is 18.6 Å². The van der Waals surface area contributed by atoms with Crippen molar-refractivity contribution in [2.75, 3.05) is 5.32 Å². The number of hydrogen-bond donors (Lipinski definition) is 1. The molecular weight excluding hydrogens is 441 g/mol. The van der Waals surface area contributed by atoms with E-state index in [-0.39, 0.29) is 23.8 Å². The first-order chi connectivity index (χ1) is 13.9. The number of nitrogens with one attached hydrogen (secondary N) is 1. The lowest BCUT2D eigenvalue weighted by Crippen LogP contribution is -2.30. The standard InChI is InChI=1S/C20H17BrFN5O2/c1-11(2)18-24-25-19-20(29)26(15-5-3-4-6-16(15)27(18)19)10-17(28)23-14-8-7-12(21)9-13(14)22/h3-9,11H,10H2,1-2H3,(H,23,28). The van der Waals surface area contributed by atoms with Gasteiger partial charge in [-0.15, -0.1) is 10.2 Å². The minimum atomic E-state index is -0.570. The van der Waals surface area contributed by atoms with Gasteiger partial charge in [-0.25, -0.2) is 4.39 Å². The van der Waals surface area contributed by atoms with E-state index in [2.05, 4.69) is 31.4 Å². The topological polar surface area (TPSA) is 81.3 Å². The summed E-state index contributed by atoms with van der Waals surface area (Å²) in [4.78, 5) is 25.6. The normalized spacial score (nSPS) is 11.5. The van der Waals surface area contributed by atoms with E-state index >= 15 is 0 Å². The van der Waals surface area contributed by atoms with Gasteiger partial charge in [-0.2, -0.15) is 0 Å². The van der Waals surface area contributed by atoms with Crippen LogP contribution in [0.4, 0.5) is 10.1 Å². The highest BCUT2D eigenvalue weighted by Crippen LogP contribution is 2.21. The minimum absolute atomic E-state index is 0.0428. The average Bonchev–Trinajstić information content (AvgIpc) is 3.13. The summed E-state index contributed by atoms with van der Waals surface area (Å²) >= 11 is 3.17. The fourth-order valence-corrected chi connectivity index (χ4v) is 3.57. The van der Waals surface area contributed by atoms with Crippen LogP contribution in [-0.2, 0) is 11.3 Å². The van der Waals surface area contributed by atoms with Gasteiger partial charge in [0.2, 0.25) is 11.6 Å². The maximum Gasteiger partial charge on any atom is 0.297 e. The third kappa shape index (κ3) is 3.42.